The third-order valence-corrected chi connectivity index (χ3v) is 2.76. The van der Waals surface area contributed by atoms with Gasteiger partial charge in [0.15, 0.2) is 5.82 Å². The van der Waals surface area contributed by atoms with Crippen molar-refractivity contribution >= 4 is 11.6 Å². The first-order valence-corrected chi connectivity index (χ1v) is 5.76. The van der Waals surface area contributed by atoms with Gasteiger partial charge in [0.05, 0.1) is 17.7 Å². The van der Waals surface area contributed by atoms with E-state index < -0.39 is 0 Å². The molecule has 2 aromatic rings. The third kappa shape index (κ3) is 2.15. The van der Waals surface area contributed by atoms with Crippen molar-refractivity contribution in [3.63, 3.8) is 0 Å². The van der Waals surface area contributed by atoms with E-state index in [4.69, 9.17) is 21.6 Å². The Labute approximate surface area is 110 Å². The van der Waals surface area contributed by atoms with Gasteiger partial charge in [-0.2, -0.15) is 5.26 Å². The lowest BCUT2D eigenvalue weighted by atomic mass is 10.3. The van der Waals surface area contributed by atoms with Crippen LogP contribution in [0, 0.1) is 11.3 Å². The third-order valence-electron chi connectivity index (χ3n) is 2.48. The lowest BCUT2D eigenvalue weighted by molar-refractivity contribution is 0.394. The zero-order valence-corrected chi connectivity index (χ0v) is 10.8. The summed E-state index contributed by atoms with van der Waals surface area (Å²) in [6.45, 7) is 2.00. The van der Waals surface area contributed by atoms with Crippen LogP contribution in [0.3, 0.4) is 0 Å². The van der Waals surface area contributed by atoms with Crippen molar-refractivity contribution in [2.24, 2.45) is 0 Å². The second kappa shape index (κ2) is 5.07. The van der Waals surface area contributed by atoms with E-state index in [0.717, 1.165) is 12.1 Å². The Hall–Kier alpha value is -2.06. The van der Waals surface area contributed by atoms with Gasteiger partial charge in [0.2, 0.25) is 5.88 Å². The molecule has 0 spiro atoms. The molecule has 2 aromatic heterocycles. The molecule has 0 radical (unpaired) electrons. The maximum atomic E-state index is 8.78. The van der Waals surface area contributed by atoms with Crippen LogP contribution in [0.15, 0.2) is 18.3 Å². The van der Waals surface area contributed by atoms with Crippen LogP contribution in [0.25, 0.3) is 5.82 Å². The second-order valence-electron chi connectivity index (χ2n) is 3.58. The quantitative estimate of drug-likeness (QED) is 0.852. The maximum Gasteiger partial charge on any atom is 0.233 e. The summed E-state index contributed by atoms with van der Waals surface area (Å²) in [4.78, 5) is 4.17. The molecule has 2 rings (SSSR count). The number of pyridine rings is 1. The van der Waals surface area contributed by atoms with Gasteiger partial charge >= 0.3 is 0 Å². The number of nitriles is 1. The van der Waals surface area contributed by atoms with Gasteiger partial charge in [-0.3, -0.25) is 0 Å². The van der Waals surface area contributed by atoms with Crippen LogP contribution in [0.4, 0.5) is 0 Å². The summed E-state index contributed by atoms with van der Waals surface area (Å²) in [6.07, 6.45) is 2.24. The minimum atomic E-state index is 0.384. The van der Waals surface area contributed by atoms with Crippen molar-refractivity contribution in [3.8, 4) is 17.8 Å². The lowest BCUT2D eigenvalue weighted by Crippen LogP contribution is -2.05. The molecule has 0 N–H and O–H groups in total. The van der Waals surface area contributed by atoms with E-state index in [2.05, 4.69) is 10.1 Å². The number of methoxy groups -OCH3 is 1. The van der Waals surface area contributed by atoms with E-state index >= 15 is 0 Å². The van der Waals surface area contributed by atoms with Gasteiger partial charge < -0.3 is 4.74 Å². The van der Waals surface area contributed by atoms with Crippen LogP contribution in [0.1, 0.15) is 18.2 Å². The molecule has 0 atom stereocenters. The van der Waals surface area contributed by atoms with Gasteiger partial charge in [0.1, 0.15) is 6.07 Å². The summed E-state index contributed by atoms with van der Waals surface area (Å²) in [6, 6.07) is 5.39. The Balaban J connectivity index is 2.54. The smallest absolute Gasteiger partial charge is 0.233 e. The normalized spacial score (nSPS) is 10.1. The first-order chi connectivity index (χ1) is 8.69. The Morgan fingerprint density at radius 3 is 2.83 bits per heavy atom. The first-order valence-electron chi connectivity index (χ1n) is 5.38. The molecule has 0 saturated heterocycles. The predicted molar refractivity (Wildman–Crippen MR) is 67.0 cm³/mol. The average Bonchev–Trinajstić information content (AvgIpc) is 2.81. The molecule has 0 aromatic carbocycles. The topological polar surface area (TPSA) is 63.7 Å². The van der Waals surface area contributed by atoms with Crippen LogP contribution >= 0.6 is 11.6 Å². The molecule has 0 aliphatic rings. The zero-order valence-electron chi connectivity index (χ0n) is 10.0. The van der Waals surface area contributed by atoms with Crippen LogP contribution in [-0.2, 0) is 6.42 Å². The molecule has 0 unspecified atom stereocenters. The molecule has 5 nitrogen and oxygen atoms in total. The van der Waals surface area contributed by atoms with Crippen molar-refractivity contribution in [2.45, 2.75) is 13.3 Å². The van der Waals surface area contributed by atoms with Crippen molar-refractivity contribution in [2.75, 3.05) is 7.11 Å². The molecule has 92 valence electrons. The SMILES string of the molecule is CCc1cc(OC)nn1-c1ncc(C#N)cc1Cl. The number of aryl methyl sites for hydroxylation is 1. The van der Waals surface area contributed by atoms with E-state index in [9.17, 15) is 0 Å². The molecule has 2 heterocycles. The highest BCUT2D eigenvalue weighted by atomic mass is 35.5. The Morgan fingerprint density at radius 2 is 2.28 bits per heavy atom. The highest BCUT2D eigenvalue weighted by molar-refractivity contribution is 6.32. The molecular formula is C12H11ClN4O. The number of rotatable bonds is 3. The number of hydrogen-bond acceptors (Lipinski definition) is 4. The van der Waals surface area contributed by atoms with E-state index in [0.29, 0.717) is 22.3 Å². The summed E-state index contributed by atoms with van der Waals surface area (Å²) >= 11 is 6.11. The fourth-order valence-corrected chi connectivity index (χ4v) is 1.82. The zero-order chi connectivity index (χ0) is 13.1. The van der Waals surface area contributed by atoms with Crippen LogP contribution < -0.4 is 4.74 Å². The fraction of sp³-hybridized carbons (Fsp3) is 0.250. The molecule has 0 amide bonds. The highest BCUT2D eigenvalue weighted by Crippen LogP contribution is 2.23. The largest absolute Gasteiger partial charge is 0.480 e. The number of halogens is 1. The molecule has 0 aliphatic heterocycles. The van der Waals surface area contributed by atoms with Gasteiger partial charge in [-0.15, -0.1) is 5.10 Å². The summed E-state index contributed by atoms with van der Waals surface area (Å²) in [5.74, 6) is 1.00. The van der Waals surface area contributed by atoms with E-state index in [1.807, 2.05) is 19.1 Å². The lowest BCUT2D eigenvalue weighted by Gasteiger charge is -2.06. The Kier molecular flexibility index (Phi) is 3.49. The Morgan fingerprint density at radius 1 is 1.50 bits per heavy atom. The number of nitrogens with zero attached hydrogens (tertiary/aromatic N) is 4. The summed E-state index contributed by atoms with van der Waals surface area (Å²) in [7, 11) is 1.56. The summed E-state index contributed by atoms with van der Waals surface area (Å²) < 4.78 is 6.72. The van der Waals surface area contributed by atoms with Gasteiger partial charge in [-0.05, 0) is 12.5 Å². The molecular weight excluding hydrogens is 252 g/mol. The van der Waals surface area contributed by atoms with Gasteiger partial charge in [0.25, 0.3) is 0 Å². The number of ether oxygens (including phenoxy) is 1. The predicted octanol–water partition coefficient (Wildman–Crippen LogP) is 2.36. The second-order valence-corrected chi connectivity index (χ2v) is 3.99. The molecule has 0 fully saturated rings. The molecule has 0 saturated carbocycles. The maximum absolute atomic E-state index is 8.78. The van der Waals surface area contributed by atoms with E-state index in [1.54, 1.807) is 17.9 Å². The molecule has 0 aliphatic carbocycles. The first kappa shape index (κ1) is 12.4. The van der Waals surface area contributed by atoms with Crippen molar-refractivity contribution in [1.29, 1.82) is 5.26 Å². The number of hydrogen-bond donors (Lipinski definition) is 0. The molecule has 18 heavy (non-hydrogen) atoms. The summed E-state index contributed by atoms with van der Waals surface area (Å²) in [5, 5.41) is 13.4. The monoisotopic (exact) mass is 262 g/mol. The van der Waals surface area contributed by atoms with Crippen LogP contribution in [0.5, 0.6) is 5.88 Å². The average molecular weight is 263 g/mol. The van der Waals surface area contributed by atoms with Crippen LogP contribution in [-0.4, -0.2) is 21.9 Å². The van der Waals surface area contributed by atoms with Crippen molar-refractivity contribution in [3.05, 3.63) is 34.6 Å². The summed E-state index contributed by atoms with van der Waals surface area (Å²) in [5.41, 5.74) is 1.35. The van der Waals surface area contributed by atoms with Gasteiger partial charge in [-0.25, -0.2) is 9.67 Å². The minimum absolute atomic E-state index is 0.384. The standard InChI is InChI=1S/C12H11ClN4O/c1-3-9-5-11(18-2)16-17(9)12-10(13)4-8(6-14)7-15-12/h4-5,7H,3H2,1-2H3. The molecule has 6 heteroatoms. The van der Waals surface area contributed by atoms with E-state index in [-0.39, 0.29) is 0 Å². The fourth-order valence-electron chi connectivity index (χ4n) is 1.58. The van der Waals surface area contributed by atoms with Crippen molar-refractivity contribution < 1.29 is 4.74 Å². The molecule has 0 bridgehead atoms. The van der Waals surface area contributed by atoms with Gasteiger partial charge in [0, 0.05) is 18.0 Å². The number of aromatic nitrogens is 3. The minimum Gasteiger partial charge on any atom is -0.480 e. The Bertz CT molecular complexity index is 615. The highest BCUT2D eigenvalue weighted by Gasteiger charge is 2.13. The van der Waals surface area contributed by atoms with E-state index in [1.165, 1.54) is 6.20 Å². The van der Waals surface area contributed by atoms with Crippen molar-refractivity contribution in [1.82, 2.24) is 14.8 Å². The van der Waals surface area contributed by atoms with Gasteiger partial charge in [-0.1, -0.05) is 18.5 Å². The van der Waals surface area contributed by atoms with Crippen LogP contribution in [0.2, 0.25) is 5.02 Å².